The van der Waals surface area contributed by atoms with Crippen molar-refractivity contribution in [3.8, 4) is 11.6 Å². The zero-order valence-corrected chi connectivity index (χ0v) is 12.2. The predicted octanol–water partition coefficient (Wildman–Crippen LogP) is 4.89. The minimum Gasteiger partial charge on any atom is -0.437 e. The van der Waals surface area contributed by atoms with Crippen molar-refractivity contribution in [3.05, 3.63) is 51.1 Å². The van der Waals surface area contributed by atoms with Crippen LogP contribution in [0.5, 0.6) is 11.6 Å². The summed E-state index contributed by atoms with van der Waals surface area (Å²) in [5, 5.41) is 10.4. The van der Waals surface area contributed by atoms with Crippen LogP contribution < -0.4 is 4.74 Å². The molecule has 0 spiro atoms. The molecular weight excluding hydrogens is 309 g/mol. The molecule has 0 amide bonds. The average Bonchev–Trinajstić information content (AvgIpc) is 2.36. The van der Waals surface area contributed by atoms with Crippen LogP contribution in [0.3, 0.4) is 0 Å². The average molecular weight is 319 g/mol. The van der Waals surface area contributed by atoms with Crippen LogP contribution in [0.15, 0.2) is 30.5 Å². The number of ether oxygens (including phenoxy) is 1. The van der Waals surface area contributed by atoms with E-state index in [2.05, 4.69) is 4.98 Å². The van der Waals surface area contributed by atoms with Gasteiger partial charge in [-0.15, -0.1) is 0 Å². The number of pyridine rings is 1. The Kier molecular flexibility index (Phi) is 4.53. The van der Waals surface area contributed by atoms with Crippen LogP contribution in [-0.4, -0.2) is 10.1 Å². The van der Waals surface area contributed by atoms with E-state index in [9.17, 15) is 5.11 Å². The standard InChI is InChI=1S/C13H10Cl3NO2/c1-7(18)8-2-3-13(17-6-8)19-12-5-10(15)9(14)4-11(12)16/h2-7,18H,1H3/t7-/m0/s1. The van der Waals surface area contributed by atoms with Crippen molar-refractivity contribution in [1.29, 1.82) is 0 Å². The Morgan fingerprint density at radius 2 is 1.79 bits per heavy atom. The first-order chi connectivity index (χ1) is 8.97. The predicted molar refractivity (Wildman–Crippen MR) is 76.4 cm³/mol. The summed E-state index contributed by atoms with van der Waals surface area (Å²) >= 11 is 17.7. The Hall–Kier alpha value is -1.000. The molecule has 1 aromatic carbocycles. The third-order valence-corrected chi connectivity index (χ3v) is 3.45. The summed E-state index contributed by atoms with van der Waals surface area (Å²) in [6, 6.07) is 6.39. The topological polar surface area (TPSA) is 42.4 Å². The molecule has 3 nitrogen and oxygen atoms in total. The quantitative estimate of drug-likeness (QED) is 0.819. The minimum absolute atomic E-state index is 0.343. The largest absolute Gasteiger partial charge is 0.437 e. The maximum Gasteiger partial charge on any atom is 0.219 e. The van der Waals surface area contributed by atoms with E-state index in [4.69, 9.17) is 39.5 Å². The lowest BCUT2D eigenvalue weighted by Gasteiger charge is -2.09. The normalized spacial score (nSPS) is 12.3. The number of aliphatic hydroxyl groups excluding tert-OH is 1. The molecule has 0 fully saturated rings. The van der Waals surface area contributed by atoms with Crippen LogP contribution in [0, 0.1) is 0 Å². The van der Waals surface area contributed by atoms with Gasteiger partial charge in [-0.25, -0.2) is 4.98 Å². The number of benzene rings is 1. The summed E-state index contributed by atoms with van der Waals surface area (Å²) in [7, 11) is 0. The second-order valence-electron chi connectivity index (χ2n) is 3.90. The molecule has 100 valence electrons. The lowest BCUT2D eigenvalue weighted by atomic mass is 10.2. The molecule has 0 aliphatic carbocycles. The molecule has 0 saturated heterocycles. The molecule has 1 atom stereocenters. The van der Waals surface area contributed by atoms with Crippen LogP contribution in [-0.2, 0) is 0 Å². The molecule has 0 radical (unpaired) electrons. The maximum absolute atomic E-state index is 9.38. The van der Waals surface area contributed by atoms with Crippen molar-refractivity contribution in [2.45, 2.75) is 13.0 Å². The smallest absolute Gasteiger partial charge is 0.219 e. The summed E-state index contributed by atoms with van der Waals surface area (Å²) in [6.45, 7) is 1.66. The van der Waals surface area contributed by atoms with Gasteiger partial charge in [0.2, 0.25) is 5.88 Å². The highest BCUT2D eigenvalue weighted by atomic mass is 35.5. The van der Waals surface area contributed by atoms with Crippen LogP contribution in [0.25, 0.3) is 0 Å². The number of halogens is 3. The maximum atomic E-state index is 9.38. The van der Waals surface area contributed by atoms with Crippen molar-refractivity contribution in [2.24, 2.45) is 0 Å². The lowest BCUT2D eigenvalue weighted by molar-refractivity contribution is 0.198. The molecular formula is C13H10Cl3NO2. The van der Waals surface area contributed by atoms with Crippen LogP contribution >= 0.6 is 34.8 Å². The Morgan fingerprint density at radius 1 is 1.11 bits per heavy atom. The Morgan fingerprint density at radius 3 is 2.37 bits per heavy atom. The van der Waals surface area contributed by atoms with Gasteiger partial charge in [-0.1, -0.05) is 34.8 Å². The fraction of sp³-hybridized carbons (Fsp3) is 0.154. The van der Waals surface area contributed by atoms with Gasteiger partial charge in [0.05, 0.1) is 21.2 Å². The van der Waals surface area contributed by atoms with Gasteiger partial charge >= 0.3 is 0 Å². The number of rotatable bonds is 3. The number of hydrogen-bond acceptors (Lipinski definition) is 3. The van der Waals surface area contributed by atoms with Gasteiger partial charge in [-0.2, -0.15) is 0 Å². The Balaban J connectivity index is 2.24. The minimum atomic E-state index is -0.574. The Bertz CT molecular complexity index is 585. The number of nitrogens with zero attached hydrogens (tertiary/aromatic N) is 1. The molecule has 1 aromatic heterocycles. The number of hydrogen-bond donors (Lipinski definition) is 1. The molecule has 19 heavy (non-hydrogen) atoms. The molecule has 1 N–H and O–H groups in total. The van der Waals surface area contributed by atoms with E-state index < -0.39 is 6.10 Å². The second-order valence-corrected chi connectivity index (χ2v) is 5.13. The molecule has 0 saturated carbocycles. The summed E-state index contributed by atoms with van der Waals surface area (Å²) in [5.41, 5.74) is 0.701. The van der Waals surface area contributed by atoms with Crippen molar-refractivity contribution < 1.29 is 9.84 Å². The van der Waals surface area contributed by atoms with Crippen LogP contribution in [0.4, 0.5) is 0 Å². The first kappa shape index (κ1) is 14.4. The highest BCUT2D eigenvalue weighted by Crippen LogP contribution is 2.35. The van der Waals surface area contributed by atoms with Gasteiger partial charge in [-0.3, -0.25) is 0 Å². The van der Waals surface area contributed by atoms with Crippen molar-refractivity contribution in [2.75, 3.05) is 0 Å². The van der Waals surface area contributed by atoms with Gasteiger partial charge in [0.1, 0.15) is 5.75 Å². The molecule has 6 heteroatoms. The van der Waals surface area contributed by atoms with Gasteiger partial charge in [0, 0.05) is 18.3 Å². The second kappa shape index (κ2) is 5.97. The summed E-state index contributed by atoms with van der Waals surface area (Å²) in [4.78, 5) is 4.07. The zero-order chi connectivity index (χ0) is 14.0. The van der Waals surface area contributed by atoms with Gasteiger partial charge in [0.15, 0.2) is 0 Å². The van der Waals surface area contributed by atoms with Crippen molar-refractivity contribution in [1.82, 2.24) is 4.98 Å². The van der Waals surface area contributed by atoms with E-state index in [-0.39, 0.29) is 0 Å². The van der Waals surface area contributed by atoms with Gasteiger partial charge in [0.25, 0.3) is 0 Å². The number of aromatic nitrogens is 1. The number of aliphatic hydroxyl groups is 1. The van der Waals surface area contributed by atoms with Crippen LogP contribution in [0.1, 0.15) is 18.6 Å². The summed E-state index contributed by atoms with van der Waals surface area (Å²) < 4.78 is 5.51. The fourth-order valence-electron chi connectivity index (χ4n) is 1.39. The molecule has 2 rings (SSSR count). The van der Waals surface area contributed by atoms with Gasteiger partial charge in [-0.05, 0) is 24.6 Å². The van der Waals surface area contributed by atoms with Crippen molar-refractivity contribution in [3.63, 3.8) is 0 Å². The van der Waals surface area contributed by atoms with Gasteiger partial charge < -0.3 is 9.84 Å². The fourth-order valence-corrected chi connectivity index (χ4v) is 1.97. The lowest BCUT2D eigenvalue weighted by Crippen LogP contribution is -1.94. The molecule has 0 aliphatic rings. The van der Waals surface area contributed by atoms with E-state index in [1.165, 1.54) is 18.3 Å². The monoisotopic (exact) mass is 317 g/mol. The highest BCUT2D eigenvalue weighted by molar-refractivity contribution is 6.43. The SMILES string of the molecule is C[C@H](O)c1ccc(Oc2cc(Cl)c(Cl)cc2Cl)nc1. The molecule has 0 aliphatic heterocycles. The van der Waals surface area contributed by atoms with E-state index in [1.54, 1.807) is 19.1 Å². The van der Waals surface area contributed by atoms with E-state index >= 15 is 0 Å². The van der Waals surface area contributed by atoms with Crippen molar-refractivity contribution >= 4 is 34.8 Å². The van der Waals surface area contributed by atoms with E-state index in [0.29, 0.717) is 32.3 Å². The van der Waals surface area contributed by atoms with E-state index in [1.807, 2.05) is 0 Å². The highest BCUT2D eigenvalue weighted by Gasteiger charge is 2.09. The molecule has 1 heterocycles. The first-order valence-electron chi connectivity index (χ1n) is 5.44. The molecule has 2 aromatic rings. The molecule has 0 unspecified atom stereocenters. The summed E-state index contributed by atoms with van der Waals surface area (Å²) in [5.74, 6) is 0.720. The van der Waals surface area contributed by atoms with Crippen LogP contribution in [0.2, 0.25) is 15.1 Å². The van der Waals surface area contributed by atoms with E-state index in [0.717, 1.165) is 0 Å². The third-order valence-electron chi connectivity index (χ3n) is 2.43. The zero-order valence-electron chi connectivity index (χ0n) is 9.90. The molecule has 0 bridgehead atoms. The summed E-state index contributed by atoms with van der Waals surface area (Å²) in [6.07, 6.45) is 0.959. The third kappa shape index (κ3) is 3.51. The Labute approximate surface area is 125 Å². The first-order valence-corrected chi connectivity index (χ1v) is 6.57.